The third-order valence-corrected chi connectivity index (χ3v) is 4.76. The number of hydrogen-bond donors (Lipinski definition) is 3. The molecule has 0 unspecified atom stereocenters. The number of aliphatic hydroxyl groups excluding tert-OH is 2. The first kappa shape index (κ1) is 17.8. The van der Waals surface area contributed by atoms with Gasteiger partial charge in [0.05, 0.1) is 19.3 Å². The highest BCUT2D eigenvalue weighted by Crippen LogP contribution is 2.23. The Balaban J connectivity index is 1.61. The van der Waals surface area contributed by atoms with Gasteiger partial charge in [-0.15, -0.1) is 0 Å². The zero-order valence-electron chi connectivity index (χ0n) is 14.4. The second-order valence-corrected chi connectivity index (χ2v) is 6.62. The molecule has 1 fully saturated rings. The first-order valence-corrected chi connectivity index (χ1v) is 8.87. The van der Waals surface area contributed by atoms with Crippen LogP contribution in [0.4, 0.5) is 11.6 Å². The van der Waals surface area contributed by atoms with E-state index in [1.54, 1.807) is 6.20 Å². The molecule has 3 N–H and O–H groups in total. The average Bonchev–Trinajstić information content (AvgIpc) is 2.64. The minimum absolute atomic E-state index is 0.0105. The molecular weight excluding hydrogens is 316 g/mol. The molecule has 6 heteroatoms. The van der Waals surface area contributed by atoms with Crippen LogP contribution in [-0.2, 0) is 6.42 Å². The van der Waals surface area contributed by atoms with Gasteiger partial charge < -0.3 is 15.5 Å². The number of piperidine rings is 1. The molecule has 1 aliphatic heterocycles. The topological polar surface area (TPSA) is 81.5 Å². The largest absolute Gasteiger partial charge is 0.395 e. The SMILES string of the molecule is OCC(CO)N1CCC[C@@H](Cc2ccnc(Nc3ccccn3)c2)C1. The molecule has 3 rings (SSSR count). The van der Waals surface area contributed by atoms with E-state index in [1.165, 1.54) is 12.0 Å². The predicted molar refractivity (Wildman–Crippen MR) is 97.7 cm³/mol. The van der Waals surface area contributed by atoms with Crippen molar-refractivity contribution in [2.24, 2.45) is 5.92 Å². The molecule has 2 aromatic heterocycles. The summed E-state index contributed by atoms with van der Waals surface area (Å²) in [5.41, 5.74) is 1.24. The number of pyridine rings is 2. The average molecular weight is 342 g/mol. The van der Waals surface area contributed by atoms with Crippen LogP contribution in [0.2, 0.25) is 0 Å². The summed E-state index contributed by atoms with van der Waals surface area (Å²) in [5.74, 6) is 2.11. The van der Waals surface area contributed by atoms with Gasteiger partial charge in [-0.05, 0) is 61.6 Å². The Morgan fingerprint density at radius 3 is 2.72 bits per heavy atom. The molecule has 1 saturated heterocycles. The number of hydrogen-bond acceptors (Lipinski definition) is 6. The van der Waals surface area contributed by atoms with Gasteiger partial charge in [0.15, 0.2) is 0 Å². The van der Waals surface area contributed by atoms with E-state index in [0.717, 1.165) is 37.6 Å². The molecule has 0 spiro atoms. The maximum Gasteiger partial charge on any atom is 0.131 e. The summed E-state index contributed by atoms with van der Waals surface area (Å²) in [6.07, 6.45) is 6.82. The van der Waals surface area contributed by atoms with Crippen LogP contribution >= 0.6 is 0 Å². The monoisotopic (exact) mass is 342 g/mol. The lowest BCUT2D eigenvalue weighted by Gasteiger charge is -2.37. The smallest absolute Gasteiger partial charge is 0.131 e. The van der Waals surface area contributed by atoms with Crippen molar-refractivity contribution in [1.29, 1.82) is 0 Å². The zero-order chi connectivity index (χ0) is 17.5. The van der Waals surface area contributed by atoms with E-state index in [4.69, 9.17) is 0 Å². The number of rotatable bonds is 7. The molecule has 1 atom stereocenters. The van der Waals surface area contributed by atoms with Crippen molar-refractivity contribution >= 4 is 11.6 Å². The van der Waals surface area contributed by atoms with Crippen molar-refractivity contribution in [3.8, 4) is 0 Å². The molecule has 2 aromatic rings. The molecular formula is C19H26N4O2. The summed E-state index contributed by atoms with van der Waals surface area (Å²) < 4.78 is 0. The van der Waals surface area contributed by atoms with Gasteiger partial charge >= 0.3 is 0 Å². The van der Waals surface area contributed by atoms with Gasteiger partial charge in [0.25, 0.3) is 0 Å². The Kier molecular flexibility index (Phi) is 6.33. The lowest BCUT2D eigenvalue weighted by Crippen LogP contribution is -2.46. The fraction of sp³-hybridized carbons (Fsp3) is 0.474. The quantitative estimate of drug-likeness (QED) is 0.712. The van der Waals surface area contributed by atoms with Crippen molar-refractivity contribution in [2.45, 2.75) is 25.3 Å². The summed E-state index contributed by atoms with van der Waals surface area (Å²) in [5, 5.41) is 22.0. The molecule has 0 bridgehead atoms. The number of nitrogens with zero attached hydrogens (tertiary/aromatic N) is 3. The maximum atomic E-state index is 9.41. The second kappa shape index (κ2) is 8.89. The number of nitrogens with one attached hydrogen (secondary N) is 1. The highest BCUT2D eigenvalue weighted by atomic mass is 16.3. The highest BCUT2D eigenvalue weighted by Gasteiger charge is 2.25. The van der Waals surface area contributed by atoms with Crippen LogP contribution < -0.4 is 5.32 Å². The van der Waals surface area contributed by atoms with Crippen molar-refractivity contribution < 1.29 is 10.2 Å². The molecule has 3 heterocycles. The highest BCUT2D eigenvalue weighted by molar-refractivity contribution is 5.51. The lowest BCUT2D eigenvalue weighted by molar-refractivity contribution is 0.0442. The van der Waals surface area contributed by atoms with Gasteiger partial charge in [-0.25, -0.2) is 9.97 Å². The second-order valence-electron chi connectivity index (χ2n) is 6.62. The number of anilines is 2. The summed E-state index contributed by atoms with van der Waals surface area (Å²) in [7, 11) is 0. The molecule has 0 amide bonds. The zero-order valence-corrected chi connectivity index (χ0v) is 14.4. The molecule has 6 nitrogen and oxygen atoms in total. The Hall–Kier alpha value is -2.02. The molecule has 134 valence electrons. The van der Waals surface area contributed by atoms with E-state index in [9.17, 15) is 10.2 Å². The first-order chi connectivity index (χ1) is 12.3. The minimum atomic E-state index is -0.137. The lowest BCUT2D eigenvalue weighted by atomic mass is 9.91. The van der Waals surface area contributed by atoms with E-state index in [-0.39, 0.29) is 19.3 Å². The predicted octanol–water partition coefficient (Wildman–Crippen LogP) is 1.83. The van der Waals surface area contributed by atoms with Crippen LogP contribution in [0.5, 0.6) is 0 Å². The van der Waals surface area contributed by atoms with Crippen LogP contribution in [0.1, 0.15) is 18.4 Å². The van der Waals surface area contributed by atoms with Crippen molar-refractivity contribution in [1.82, 2.24) is 14.9 Å². The van der Waals surface area contributed by atoms with Gasteiger partial charge in [0.1, 0.15) is 11.6 Å². The van der Waals surface area contributed by atoms with E-state index in [2.05, 4.69) is 32.3 Å². The Morgan fingerprint density at radius 2 is 1.96 bits per heavy atom. The van der Waals surface area contributed by atoms with Gasteiger partial charge in [-0.1, -0.05) is 6.07 Å². The Labute approximate surface area is 148 Å². The molecule has 0 aliphatic carbocycles. The fourth-order valence-electron chi connectivity index (χ4n) is 3.46. The standard InChI is InChI=1S/C19H26N4O2/c24-13-17(14-25)23-9-3-4-16(12-23)10-15-6-8-21-19(11-15)22-18-5-1-2-7-20-18/h1-2,5-8,11,16-17,24-25H,3-4,9-10,12-14H2,(H,20,21,22)/t16-/m0/s1. The van der Waals surface area contributed by atoms with Crippen LogP contribution in [0.3, 0.4) is 0 Å². The van der Waals surface area contributed by atoms with Crippen LogP contribution in [0.25, 0.3) is 0 Å². The Bertz CT molecular complexity index is 649. The third kappa shape index (κ3) is 4.98. The molecule has 1 aliphatic rings. The molecule has 25 heavy (non-hydrogen) atoms. The van der Waals surface area contributed by atoms with Crippen molar-refractivity contribution in [2.75, 3.05) is 31.6 Å². The van der Waals surface area contributed by atoms with Crippen molar-refractivity contribution in [3.63, 3.8) is 0 Å². The fourth-order valence-corrected chi connectivity index (χ4v) is 3.46. The van der Waals surface area contributed by atoms with Gasteiger partial charge in [0.2, 0.25) is 0 Å². The summed E-state index contributed by atoms with van der Waals surface area (Å²) >= 11 is 0. The van der Waals surface area contributed by atoms with Gasteiger partial charge in [-0.3, -0.25) is 4.90 Å². The number of aliphatic hydroxyl groups is 2. The van der Waals surface area contributed by atoms with Gasteiger partial charge in [0, 0.05) is 18.9 Å². The summed E-state index contributed by atoms with van der Waals surface area (Å²) in [6, 6.07) is 9.73. The van der Waals surface area contributed by atoms with Crippen LogP contribution in [0.15, 0.2) is 42.7 Å². The van der Waals surface area contributed by atoms with Crippen LogP contribution in [-0.4, -0.2) is 57.4 Å². The van der Waals surface area contributed by atoms with E-state index in [1.807, 2.05) is 24.4 Å². The van der Waals surface area contributed by atoms with E-state index < -0.39 is 0 Å². The van der Waals surface area contributed by atoms with Gasteiger partial charge in [-0.2, -0.15) is 0 Å². The number of likely N-dealkylation sites (tertiary alicyclic amines) is 1. The summed E-state index contributed by atoms with van der Waals surface area (Å²) in [4.78, 5) is 10.8. The molecule has 0 aromatic carbocycles. The van der Waals surface area contributed by atoms with E-state index >= 15 is 0 Å². The van der Waals surface area contributed by atoms with Crippen molar-refractivity contribution in [3.05, 3.63) is 48.3 Å². The number of aromatic nitrogens is 2. The molecule has 0 saturated carbocycles. The van der Waals surface area contributed by atoms with E-state index in [0.29, 0.717) is 5.92 Å². The third-order valence-electron chi connectivity index (χ3n) is 4.76. The summed E-state index contributed by atoms with van der Waals surface area (Å²) in [6.45, 7) is 1.88. The minimum Gasteiger partial charge on any atom is -0.395 e. The maximum absolute atomic E-state index is 9.41. The van der Waals surface area contributed by atoms with Crippen LogP contribution in [0, 0.1) is 5.92 Å². The normalized spacial score (nSPS) is 18.4. The first-order valence-electron chi connectivity index (χ1n) is 8.87. The Morgan fingerprint density at radius 1 is 1.12 bits per heavy atom. The molecule has 0 radical (unpaired) electrons.